The van der Waals surface area contributed by atoms with Crippen LogP contribution in [0.5, 0.6) is 5.75 Å². The van der Waals surface area contributed by atoms with Crippen LogP contribution in [-0.4, -0.2) is 53.5 Å². The monoisotopic (exact) mass is 418 g/mol. The number of ether oxygens (including phenoxy) is 1. The van der Waals surface area contributed by atoms with Crippen LogP contribution in [0.15, 0.2) is 23.6 Å². The number of benzene rings is 1. The second-order valence-corrected chi connectivity index (χ2v) is 9.57. The third-order valence-electron chi connectivity index (χ3n) is 4.44. The molecule has 0 radical (unpaired) electrons. The molecule has 1 N–H and O–H groups in total. The molecule has 0 atom stereocenters. The molecule has 1 heterocycles. The van der Waals surface area contributed by atoms with E-state index in [4.69, 9.17) is 4.74 Å². The number of amides is 2. The van der Waals surface area contributed by atoms with E-state index in [1.165, 1.54) is 5.56 Å². The van der Waals surface area contributed by atoms with Crippen LogP contribution in [-0.2, 0) is 13.2 Å². The predicted octanol–water partition coefficient (Wildman–Crippen LogP) is 4.21. The summed E-state index contributed by atoms with van der Waals surface area (Å²) in [5, 5.41) is 5.96. The van der Waals surface area contributed by atoms with Crippen LogP contribution in [0, 0.1) is 13.8 Å². The maximum Gasteiger partial charge on any atom is 0.318 e. The topological polar surface area (TPSA) is 57.7 Å². The largest absolute Gasteiger partial charge is 0.486 e. The van der Waals surface area contributed by atoms with Crippen molar-refractivity contribution in [3.8, 4) is 5.75 Å². The molecule has 0 bridgehead atoms. The molecule has 0 spiro atoms. The highest BCUT2D eigenvalue weighted by atomic mass is 32.1. The van der Waals surface area contributed by atoms with Gasteiger partial charge in [-0.05, 0) is 65.9 Å². The van der Waals surface area contributed by atoms with E-state index in [9.17, 15) is 4.79 Å². The Morgan fingerprint density at radius 2 is 1.93 bits per heavy atom. The lowest BCUT2D eigenvalue weighted by Gasteiger charge is -2.29. The number of aryl methyl sites for hydroxylation is 1. The van der Waals surface area contributed by atoms with Crippen molar-refractivity contribution in [3.05, 3.63) is 45.4 Å². The van der Waals surface area contributed by atoms with E-state index in [1.807, 2.05) is 57.3 Å². The Morgan fingerprint density at radius 3 is 2.59 bits per heavy atom. The van der Waals surface area contributed by atoms with Crippen molar-refractivity contribution >= 4 is 17.4 Å². The van der Waals surface area contributed by atoms with E-state index in [-0.39, 0.29) is 11.6 Å². The molecule has 1 aromatic carbocycles. The first-order valence-corrected chi connectivity index (χ1v) is 10.8. The minimum Gasteiger partial charge on any atom is -0.486 e. The van der Waals surface area contributed by atoms with Crippen molar-refractivity contribution in [1.82, 2.24) is 20.1 Å². The highest BCUT2D eigenvalue weighted by Gasteiger charge is 2.21. The lowest BCUT2D eigenvalue weighted by Crippen LogP contribution is -2.49. The van der Waals surface area contributed by atoms with Crippen LogP contribution in [0.4, 0.5) is 4.79 Å². The second kappa shape index (κ2) is 10.1. The summed E-state index contributed by atoms with van der Waals surface area (Å²) in [7, 11) is 4.01. The zero-order valence-electron chi connectivity index (χ0n) is 18.7. The molecule has 2 amide bonds. The average Bonchev–Trinajstić information content (AvgIpc) is 3.05. The summed E-state index contributed by atoms with van der Waals surface area (Å²) in [5.74, 6) is 0.888. The van der Waals surface area contributed by atoms with Gasteiger partial charge in [0.15, 0.2) is 0 Å². The van der Waals surface area contributed by atoms with Crippen LogP contribution in [0.25, 0.3) is 0 Å². The van der Waals surface area contributed by atoms with Crippen molar-refractivity contribution in [2.45, 2.75) is 53.3 Å². The molecule has 7 heteroatoms. The zero-order chi connectivity index (χ0) is 21.6. The molecule has 0 fully saturated rings. The molecule has 6 nitrogen and oxygen atoms in total. The number of likely N-dealkylation sites (N-methyl/N-ethyl adjacent to an activating group) is 1. The Morgan fingerprint density at radius 1 is 1.21 bits per heavy atom. The minimum absolute atomic E-state index is 0.0689. The van der Waals surface area contributed by atoms with E-state index in [0.29, 0.717) is 19.7 Å². The SMILES string of the molecule is Cc1cccc(OCc2nc(CN(CCN(C)C)C(=O)NC(C)(C)C)cs2)c1C. The van der Waals surface area contributed by atoms with Crippen LogP contribution in [0.3, 0.4) is 0 Å². The summed E-state index contributed by atoms with van der Waals surface area (Å²) in [5.41, 5.74) is 2.97. The Bertz CT molecular complexity index is 811. The molecule has 2 aromatic rings. The van der Waals surface area contributed by atoms with Crippen LogP contribution in [0.1, 0.15) is 42.6 Å². The number of nitrogens with one attached hydrogen (secondary N) is 1. The van der Waals surface area contributed by atoms with Gasteiger partial charge in [0.25, 0.3) is 0 Å². The van der Waals surface area contributed by atoms with Gasteiger partial charge >= 0.3 is 6.03 Å². The molecular formula is C22H34N4O2S. The van der Waals surface area contributed by atoms with Crippen molar-refractivity contribution < 1.29 is 9.53 Å². The number of hydrogen-bond donors (Lipinski definition) is 1. The average molecular weight is 419 g/mol. The third kappa shape index (κ3) is 7.66. The van der Waals surface area contributed by atoms with Crippen LogP contribution in [0.2, 0.25) is 0 Å². The van der Waals surface area contributed by atoms with Crippen molar-refractivity contribution in [2.75, 3.05) is 27.2 Å². The minimum atomic E-state index is -0.278. The molecule has 0 unspecified atom stereocenters. The molecule has 0 aliphatic carbocycles. The number of rotatable bonds is 8. The van der Waals surface area contributed by atoms with Gasteiger partial charge in [-0.25, -0.2) is 9.78 Å². The maximum atomic E-state index is 12.7. The van der Waals surface area contributed by atoms with E-state index >= 15 is 0 Å². The fraction of sp³-hybridized carbons (Fsp3) is 0.545. The van der Waals surface area contributed by atoms with Crippen molar-refractivity contribution in [1.29, 1.82) is 0 Å². The number of aromatic nitrogens is 1. The Balaban J connectivity index is 2.01. The van der Waals surface area contributed by atoms with Gasteiger partial charge in [-0.3, -0.25) is 0 Å². The standard InChI is InChI=1S/C22H34N4O2S/c1-16-9-8-10-19(17(16)2)28-14-20-23-18(15-29-20)13-26(12-11-25(6)7)21(27)24-22(3,4)5/h8-10,15H,11-14H2,1-7H3,(H,24,27). The maximum absolute atomic E-state index is 12.7. The predicted molar refractivity (Wildman–Crippen MR) is 120 cm³/mol. The second-order valence-electron chi connectivity index (χ2n) is 8.62. The van der Waals surface area contributed by atoms with E-state index in [0.717, 1.165) is 28.6 Å². The van der Waals surface area contributed by atoms with Gasteiger partial charge in [0.05, 0.1) is 12.2 Å². The number of thiazole rings is 1. The lowest BCUT2D eigenvalue weighted by atomic mass is 10.1. The number of nitrogens with zero attached hydrogens (tertiary/aromatic N) is 3. The fourth-order valence-corrected chi connectivity index (χ4v) is 3.37. The lowest BCUT2D eigenvalue weighted by molar-refractivity contribution is 0.179. The van der Waals surface area contributed by atoms with Gasteiger partial charge in [0, 0.05) is 24.0 Å². The Labute approximate surface area is 178 Å². The third-order valence-corrected chi connectivity index (χ3v) is 5.32. The van der Waals surface area contributed by atoms with Gasteiger partial charge in [-0.1, -0.05) is 12.1 Å². The Hall–Kier alpha value is -2.12. The summed E-state index contributed by atoms with van der Waals surface area (Å²) in [4.78, 5) is 21.3. The first-order chi connectivity index (χ1) is 13.5. The molecule has 29 heavy (non-hydrogen) atoms. The van der Waals surface area contributed by atoms with Gasteiger partial charge < -0.3 is 19.9 Å². The highest BCUT2D eigenvalue weighted by molar-refractivity contribution is 7.09. The summed E-state index contributed by atoms with van der Waals surface area (Å²) in [6, 6.07) is 5.99. The zero-order valence-corrected chi connectivity index (χ0v) is 19.5. The first kappa shape index (κ1) is 23.2. The normalized spacial score (nSPS) is 11.6. The summed E-state index contributed by atoms with van der Waals surface area (Å²) in [6.07, 6.45) is 0. The number of carbonyl (C=O) groups is 1. The van der Waals surface area contributed by atoms with E-state index < -0.39 is 0 Å². The molecule has 0 aliphatic rings. The van der Waals surface area contributed by atoms with Crippen LogP contribution < -0.4 is 10.1 Å². The van der Waals surface area contributed by atoms with Gasteiger partial charge in [-0.15, -0.1) is 11.3 Å². The summed E-state index contributed by atoms with van der Waals surface area (Å²) in [6.45, 7) is 12.5. The van der Waals surface area contributed by atoms with Crippen LogP contribution >= 0.6 is 11.3 Å². The van der Waals surface area contributed by atoms with Gasteiger partial charge in [0.2, 0.25) is 0 Å². The number of carbonyl (C=O) groups excluding carboxylic acids is 1. The molecule has 1 aromatic heterocycles. The number of hydrogen-bond acceptors (Lipinski definition) is 5. The fourth-order valence-electron chi connectivity index (χ4n) is 2.68. The molecular weight excluding hydrogens is 384 g/mol. The molecule has 0 aliphatic heterocycles. The molecule has 160 valence electrons. The van der Waals surface area contributed by atoms with Gasteiger partial charge in [-0.2, -0.15) is 0 Å². The smallest absolute Gasteiger partial charge is 0.318 e. The number of urea groups is 1. The molecule has 2 rings (SSSR count). The molecule has 0 saturated carbocycles. The Kier molecular flexibility index (Phi) is 8.05. The summed E-state index contributed by atoms with van der Waals surface area (Å²) < 4.78 is 5.96. The van der Waals surface area contributed by atoms with Gasteiger partial charge in [0.1, 0.15) is 17.4 Å². The van der Waals surface area contributed by atoms with Crippen molar-refractivity contribution in [3.63, 3.8) is 0 Å². The quantitative estimate of drug-likeness (QED) is 0.698. The highest BCUT2D eigenvalue weighted by Crippen LogP contribution is 2.22. The van der Waals surface area contributed by atoms with Crippen molar-refractivity contribution in [2.24, 2.45) is 0 Å². The van der Waals surface area contributed by atoms with E-state index in [1.54, 1.807) is 11.3 Å². The molecule has 0 saturated heterocycles. The van der Waals surface area contributed by atoms with E-state index in [2.05, 4.69) is 35.1 Å². The summed E-state index contributed by atoms with van der Waals surface area (Å²) >= 11 is 1.57. The first-order valence-electron chi connectivity index (χ1n) is 9.89.